The first-order valence-electron chi connectivity index (χ1n) is 27.9. The predicted octanol–water partition coefficient (Wildman–Crippen LogP) is 6.49. The molecule has 2 N–H and O–H groups in total. The Bertz CT molecular complexity index is 2250. The second kappa shape index (κ2) is 34.9. The molecule has 3 heterocycles. The molecule has 3 fully saturated rings. The summed E-state index contributed by atoms with van der Waals surface area (Å²) in [6, 6.07) is -1.23. The number of carbonyl (C=O) groups excluding carboxylic acids is 8. The van der Waals surface area contributed by atoms with Crippen molar-refractivity contribution in [2.24, 2.45) is 40.9 Å². The van der Waals surface area contributed by atoms with Gasteiger partial charge >= 0.3 is 11.9 Å². The van der Waals surface area contributed by atoms with E-state index in [0.717, 1.165) is 10.5 Å². The summed E-state index contributed by atoms with van der Waals surface area (Å²) in [6.07, 6.45) is 8.98. The maximum absolute atomic E-state index is 14.6. The normalized spacial score (nSPS) is 34.4. The van der Waals surface area contributed by atoms with Gasteiger partial charge in [-0.2, -0.15) is 0 Å². The third-order valence-corrected chi connectivity index (χ3v) is 16.3. The van der Waals surface area contributed by atoms with Crippen molar-refractivity contribution in [3.8, 4) is 0 Å². The summed E-state index contributed by atoms with van der Waals surface area (Å²) in [7, 11) is 4.38. The predicted molar refractivity (Wildman–Crippen MR) is 290 cm³/mol. The number of cyclic esters (lactones) is 1. The van der Waals surface area contributed by atoms with Gasteiger partial charge in [-0.25, -0.2) is 4.79 Å². The van der Waals surface area contributed by atoms with E-state index in [4.69, 9.17) is 37.9 Å². The van der Waals surface area contributed by atoms with Crippen molar-refractivity contribution in [2.75, 3.05) is 41.1 Å². The Morgan fingerprint density at radius 1 is 0.827 bits per heavy atom. The van der Waals surface area contributed by atoms with Crippen LogP contribution in [0.3, 0.4) is 0 Å². The molecular formula is C60H89NO18Y2-2. The Morgan fingerprint density at radius 3 is 2.09 bits per heavy atom. The van der Waals surface area contributed by atoms with E-state index in [1.165, 1.54) is 21.1 Å². The van der Waals surface area contributed by atoms with E-state index in [-0.39, 0.29) is 115 Å². The Kier molecular flexibility index (Phi) is 31.9. The zero-order valence-electron chi connectivity index (χ0n) is 49.6. The second-order valence-corrected chi connectivity index (χ2v) is 22.8. The Hall–Kier alpha value is -2.97. The van der Waals surface area contributed by atoms with E-state index < -0.39 is 132 Å². The molecule has 4 rings (SSSR count). The van der Waals surface area contributed by atoms with E-state index in [9.17, 15) is 48.6 Å². The Morgan fingerprint density at radius 2 is 1.48 bits per heavy atom. The molecule has 15 atom stereocenters. The van der Waals surface area contributed by atoms with Gasteiger partial charge in [0.2, 0.25) is 5.79 Å². The second-order valence-electron chi connectivity index (χ2n) is 22.8. The molecule has 1 aliphatic carbocycles. The van der Waals surface area contributed by atoms with Crippen LogP contribution in [-0.4, -0.2) is 158 Å². The Balaban J connectivity index is 0.0000112. The molecule has 1 amide bonds. The van der Waals surface area contributed by atoms with Gasteiger partial charge < -0.3 is 53.0 Å². The number of aliphatic hydroxyl groups excluding tert-OH is 1. The number of hydrogen-bond donors (Lipinski definition) is 2. The summed E-state index contributed by atoms with van der Waals surface area (Å²) >= 11 is 0. The van der Waals surface area contributed by atoms with Crippen molar-refractivity contribution in [1.29, 1.82) is 0 Å². The molecule has 450 valence electrons. The zero-order valence-corrected chi connectivity index (χ0v) is 55.3. The standard InChI is InChI=1S/C60H89NO18.2Y/c1-35-19-15-14-16-20-36(2)49(72-11)31-45-24-22-41(7)60(71,79-45)55(67)56(68)61-26-18-17-21-46(61)57(69)77-50(32-47(64)37(3)28-40(6)53(66)54(74-13)52(65)39(5)27-35)38(4)29-44-23-25-48(51(30-44)73-12)78-58(70)59(10,33-75-42(8)62)34-76-43(9)63;;/h14-16,19-20,28,35,37-39,41,44-46,48-51,53-54,66,71H,8-9,17-18,21-27,29-34H2,1-7,10-13H3;;/q-2;;/b16-14+,19-15+,36-20+,40-28+;;/t35-,37-,38+,39-,41-,44+,45+,46+,48-,49+,50+,51-,53-,54+,60-;;/m1../s1. The van der Waals surface area contributed by atoms with Gasteiger partial charge in [0.05, 0.1) is 18.3 Å². The molecule has 3 aliphatic heterocycles. The van der Waals surface area contributed by atoms with Gasteiger partial charge in [0, 0.05) is 124 Å². The molecule has 0 unspecified atom stereocenters. The van der Waals surface area contributed by atoms with Gasteiger partial charge in [0.15, 0.2) is 17.7 Å². The number of aliphatic hydroxyl groups is 2. The van der Waals surface area contributed by atoms with Crippen LogP contribution in [0.15, 0.2) is 47.6 Å². The molecule has 0 aromatic rings. The first kappa shape index (κ1) is 74.1. The van der Waals surface area contributed by atoms with Crippen molar-refractivity contribution in [3.63, 3.8) is 0 Å². The van der Waals surface area contributed by atoms with E-state index >= 15 is 0 Å². The van der Waals surface area contributed by atoms with Gasteiger partial charge in [-0.15, -0.1) is 0 Å². The number of Topliss-reactive ketones (excluding diaryl/α,β-unsaturated/α-hetero) is 3. The molecule has 2 radical (unpaired) electrons. The summed E-state index contributed by atoms with van der Waals surface area (Å²) in [5.41, 5.74) is -0.405. The number of amides is 1. The number of nitrogens with zero attached hydrogens (tertiary/aromatic N) is 1. The number of carbonyl (C=O) groups is 8. The fraction of sp³-hybridized carbons (Fsp3) is 0.700. The van der Waals surface area contributed by atoms with E-state index in [1.807, 2.05) is 51.2 Å². The van der Waals surface area contributed by atoms with E-state index in [2.05, 4.69) is 13.8 Å². The summed E-state index contributed by atoms with van der Waals surface area (Å²) in [4.78, 5) is 110. The van der Waals surface area contributed by atoms with Crippen molar-refractivity contribution < 1.29 is 152 Å². The van der Waals surface area contributed by atoms with Gasteiger partial charge in [-0.3, -0.25) is 47.4 Å². The summed E-state index contributed by atoms with van der Waals surface area (Å²) in [5.74, 6) is -11.5. The van der Waals surface area contributed by atoms with E-state index in [1.54, 1.807) is 40.9 Å². The molecule has 0 aromatic heterocycles. The smallest absolute Gasteiger partial charge is 0.329 e. The molecule has 2 saturated heterocycles. The largest absolute Gasteiger partial charge is 0.487 e. The minimum atomic E-state index is -2.49. The van der Waals surface area contributed by atoms with E-state index in [0.29, 0.717) is 63.4 Å². The summed E-state index contributed by atoms with van der Waals surface area (Å²) in [6.45, 7) is 19.2. The first-order valence-corrected chi connectivity index (χ1v) is 27.9. The summed E-state index contributed by atoms with van der Waals surface area (Å²) < 4.78 is 45.8. The molecule has 21 heteroatoms. The first-order chi connectivity index (χ1) is 37.2. The Labute approximate surface area is 530 Å². The van der Waals surface area contributed by atoms with Gasteiger partial charge in [-0.1, -0.05) is 71.1 Å². The fourth-order valence-corrected chi connectivity index (χ4v) is 11.2. The zero-order chi connectivity index (χ0) is 58.9. The van der Waals surface area contributed by atoms with Crippen LogP contribution in [0.5, 0.6) is 0 Å². The quantitative estimate of drug-likeness (QED) is 0.0696. The third-order valence-electron chi connectivity index (χ3n) is 16.3. The van der Waals surface area contributed by atoms with Gasteiger partial charge in [0.1, 0.15) is 54.9 Å². The SMILES string of the molecule is [CH2-]C(=O)OCC(C)(COC([CH2-])=O)C(=O)O[C@@H]1CC[C@@H](C[C@H](C)[C@@H]2CC(=O)[C@H](C)/C=C(\C)[C@@H](O)[C@@H](OC)C(=O)[C@H](C)C[C@H](C)/C=C/C=C/C=C(\C)[C@@H](OC)C[C@@H]3CC[C@@H](C)[C@@](O)(O3)C(=O)C(=O)N3CCCC[C@H]3C(=O)O2)C[C@H]1OC.[Y].[Y]. The third kappa shape index (κ3) is 21.2. The van der Waals surface area contributed by atoms with Crippen molar-refractivity contribution in [1.82, 2.24) is 4.90 Å². The average Bonchev–Trinajstić information content (AvgIpc) is 3.41. The topological polar surface area (TPSA) is 254 Å². The minimum absolute atomic E-state index is 0. The molecule has 0 aromatic carbocycles. The average molecular weight is 1290 g/mol. The number of hydrogen-bond acceptors (Lipinski definition) is 18. The fourth-order valence-electron chi connectivity index (χ4n) is 11.2. The van der Waals surface area contributed by atoms with Crippen LogP contribution in [0, 0.1) is 54.8 Å². The van der Waals surface area contributed by atoms with Crippen molar-refractivity contribution in [2.45, 2.75) is 187 Å². The number of allylic oxidation sites excluding steroid dienone is 6. The number of esters is 4. The molecule has 4 aliphatic rings. The number of methoxy groups -OCH3 is 3. The number of piperidine rings is 1. The minimum Gasteiger partial charge on any atom is -0.487 e. The number of ketones is 3. The number of rotatable bonds is 12. The van der Waals surface area contributed by atoms with Gasteiger partial charge in [-0.05, 0) is 114 Å². The number of fused-ring (bicyclic) bond motifs is 3. The monoisotopic (exact) mass is 1290 g/mol. The summed E-state index contributed by atoms with van der Waals surface area (Å²) in [5, 5.41) is 23.6. The molecule has 0 spiro atoms. The van der Waals surface area contributed by atoms with Crippen LogP contribution >= 0.6 is 0 Å². The molecule has 81 heavy (non-hydrogen) atoms. The van der Waals surface area contributed by atoms with Crippen LogP contribution in [0.2, 0.25) is 0 Å². The molecule has 1 saturated carbocycles. The molecule has 19 nitrogen and oxygen atoms in total. The van der Waals surface area contributed by atoms with Crippen molar-refractivity contribution in [3.05, 3.63) is 61.4 Å². The van der Waals surface area contributed by atoms with Gasteiger partial charge in [0.25, 0.3) is 11.7 Å². The van der Waals surface area contributed by atoms with Crippen LogP contribution in [0.25, 0.3) is 0 Å². The number of ether oxygens (including phenoxy) is 8. The maximum Gasteiger partial charge on any atom is 0.329 e. The van der Waals surface area contributed by atoms with Crippen LogP contribution in [0.1, 0.15) is 132 Å². The van der Waals surface area contributed by atoms with Crippen LogP contribution < -0.4 is 0 Å². The van der Waals surface area contributed by atoms with Crippen molar-refractivity contribution >= 4 is 47.1 Å². The van der Waals surface area contributed by atoms with Crippen LogP contribution in [-0.2, 0) is 142 Å². The van der Waals surface area contributed by atoms with Crippen LogP contribution in [0.4, 0.5) is 0 Å². The molecule has 2 bridgehead atoms. The maximum atomic E-state index is 14.6. The molecular weight excluding hydrogens is 1200 g/mol.